The molecule has 0 bridgehead atoms. The predicted octanol–water partition coefficient (Wildman–Crippen LogP) is 3.61. The van der Waals surface area contributed by atoms with Crippen LogP contribution in [0.3, 0.4) is 0 Å². The van der Waals surface area contributed by atoms with Crippen molar-refractivity contribution in [1.82, 2.24) is 4.98 Å². The average Bonchev–Trinajstić information content (AvgIpc) is 2.70. The molecular weight excluding hydrogens is 237 g/mol. The van der Waals surface area contributed by atoms with Crippen molar-refractivity contribution in [2.75, 3.05) is 7.11 Å². The minimum atomic E-state index is -0.428. The van der Waals surface area contributed by atoms with Gasteiger partial charge in [0.05, 0.1) is 17.8 Å². The van der Waals surface area contributed by atoms with Gasteiger partial charge in [-0.15, -0.1) is 0 Å². The second-order valence-electron chi connectivity index (χ2n) is 2.83. The van der Waals surface area contributed by atoms with Crippen molar-refractivity contribution < 1.29 is 9.13 Å². The van der Waals surface area contributed by atoms with Crippen molar-refractivity contribution in [3.8, 4) is 16.5 Å². The number of ether oxygens (including phenoxy) is 1. The van der Waals surface area contributed by atoms with Crippen LogP contribution in [0, 0.1) is 5.82 Å². The topological polar surface area (TPSA) is 22.1 Å². The first kappa shape index (κ1) is 10.4. The number of halogens is 2. The summed E-state index contributed by atoms with van der Waals surface area (Å²) in [7, 11) is 1.56. The fourth-order valence-corrected chi connectivity index (χ4v) is 1.97. The standard InChI is InChI=1S/C10H7ClFNOS/c1-14-10-13-9(5-15-10)6-2-3-8(12)7(11)4-6/h2-5H,1H3. The molecule has 15 heavy (non-hydrogen) atoms. The van der Waals surface area contributed by atoms with E-state index in [0.717, 1.165) is 11.3 Å². The van der Waals surface area contributed by atoms with E-state index in [2.05, 4.69) is 4.98 Å². The van der Waals surface area contributed by atoms with Crippen LogP contribution in [0.15, 0.2) is 23.6 Å². The van der Waals surface area contributed by atoms with Gasteiger partial charge in [0.1, 0.15) is 5.82 Å². The summed E-state index contributed by atoms with van der Waals surface area (Å²) in [5.41, 5.74) is 1.51. The molecule has 0 N–H and O–H groups in total. The monoisotopic (exact) mass is 243 g/mol. The number of methoxy groups -OCH3 is 1. The van der Waals surface area contributed by atoms with Crippen LogP contribution in [0.2, 0.25) is 5.02 Å². The van der Waals surface area contributed by atoms with Gasteiger partial charge in [0.15, 0.2) is 0 Å². The Morgan fingerprint density at radius 3 is 2.87 bits per heavy atom. The molecule has 1 aromatic carbocycles. The molecule has 0 radical (unpaired) electrons. The summed E-state index contributed by atoms with van der Waals surface area (Å²) in [4.78, 5) is 4.18. The molecule has 0 saturated carbocycles. The predicted molar refractivity (Wildman–Crippen MR) is 59.1 cm³/mol. The number of rotatable bonds is 2. The first-order valence-electron chi connectivity index (χ1n) is 4.15. The van der Waals surface area contributed by atoms with Gasteiger partial charge in [-0.1, -0.05) is 22.9 Å². The third-order valence-corrected chi connectivity index (χ3v) is 2.96. The van der Waals surface area contributed by atoms with Crippen molar-refractivity contribution in [1.29, 1.82) is 0 Å². The first-order valence-corrected chi connectivity index (χ1v) is 5.41. The van der Waals surface area contributed by atoms with E-state index in [1.165, 1.54) is 17.4 Å². The molecule has 0 unspecified atom stereocenters. The van der Waals surface area contributed by atoms with E-state index in [-0.39, 0.29) is 5.02 Å². The Kier molecular flexibility index (Phi) is 2.88. The number of benzene rings is 1. The molecule has 0 fully saturated rings. The Balaban J connectivity index is 2.40. The van der Waals surface area contributed by atoms with Crippen molar-refractivity contribution in [3.05, 3.63) is 34.4 Å². The van der Waals surface area contributed by atoms with Gasteiger partial charge in [0.2, 0.25) is 0 Å². The maximum atomic E-state index is 12.9. The lowest BCUT2D eigenvalue weighted by molar-refractivity contribution is 0.412. The summed E-state index contributed by atoms with van der Waals surface area (Å²) in [5, 5.41) is 2.51. The van der Waals surface area contributed by atoms with E-state index in [1.807, 2.05) is 5.38 Å². The van der Waals surface area contributed by atoms with E-state index >= 15 is 0 Å². The quantitative estimate of drug-likeness (QED) is 0.804. The molecule has 0 aliphatic carbocycles. The molecule has 0 amide bonds. The lowest BCUT2D eigenvalue weighted by Crippen LogP contribution is -1.83. The first-order chi connectivity index (χ1) is 7.20. The molecule has 5 heteroatoms. The Labute approximate surface area is 95.3 Å². The second-order valence-corrected chi connectivity index (χ2v) is 4.06. The van der Waals surface area contributed by atoms with Gasteiger partial charge in [-0.25, -0.2) is 9.37 Å². The van der Waals surface area contributed by atoms with Crippen molar-refractivity contribution in [2.24, 2.45) is 0 Å². The van der Waals surface area contributed by atoms with E-state index in [0.29, 0.717) is 5.19 Å². The summed E-state index contributed by atoms with van der Waals surface area (Å²) in [6.07, 6.45) is 0. The van der Waals surface area contributed by atoms with Gasteiger partial charge in [-0.2, -0.15) is 0 Å². The number of thiazole rings is 1. The van der Waals surface area contributed by atoms with Crippen LogP contribution in [-0.2, 0) is 0 Å². The lowest BCUT2D eigenvalue weighted by Gasteiger charge is -1.98. The summed E-state index contributed by atoms with van der Waals surface area (Å²) in [5.74, 6) is -0.428. The maximum Gasteiger partial charge on any atom is 0.273 e. The van der Waals surface area contributed by atoms with E-state index in [1.54, 1.807) is 19.2 Å². The Hall–Kier alpha value is -1.13. The second kappa shape index (κ2) is 4.16. The zero-order valence-corrected chi connectivity index (χ0v) is 9.40. The van der Waals surface area contributed by atoms with Crippen molar-refractivity contribution in [2.45, 2.75) is 0 Å². The molecule has 78 valence electrons. The maximum absolute atomic E-state index is 12.9. The van der Waals surface area contributed by atoms with Crippen LogP contribution >= 0.6 is 22.9 Å². The summed E-state index contributed by atoms with van der Waals surface area (Å²) >= 11 is 7.06. The number of hydrogen-bond acceptors (Lipinski definition) is 3. The van der Waals surface area contributed by atoms with Crippen LogP contribution in [0.5, 0.6) is 5.19 Å². The Morgan fingerprint density at radius 1 is 1.47 bits per heavy atom. The van der Waals surface area contributed by atoms with E-state index in [4.69, 9.17) is 16.3 Å². The summed E-state index contributed by atoms with van der Waals surface area (Å²) in [6.45, 7) is 0. The van der Waals surface area contributed by atoms with Crippen molar-refractivity contribution in [3.63, 3.8) is 0 Å². The highest BCUT2D eigenvalue weighted by Gasteiger charge is 2.07. The minimum absolute atomic E-state index is 0.0967. The van der Waals surface area contributed by atoms with Gasteiger partial charge in [0.25, 0.3) is 5.19 Å². The smallest absolute Gasteiger partial charge is 0.273 e. The molecule has 1 aromatic heterocycles. The zero-order chi connectivity index (χ0) is 10.8. The summed E-state index contributed by atoms with van der Waals surface area (Å²) in [6, 6.07) is 4.50. The highest BCUT2D eigenvalue weighted by atomic mass is 35.5. The number of nitrogens with zero attached hydrogens (tertiary/aromatic N) is 1. The highest BCUT2D eigenvalue weighted by molar-refractivity contribution is 7.11. The molecule has 0 aliphatic rings. The van der Waals surface area contributed by atoms with Gasteiger partial charge in [0, 0.05) is 10.9 Å². The van der Waals surface area contributed by atoms with E-state index < -0.39 is 5.82 Å². The Morgan fingerprint density at radius 2 is 2.27 bits per heavy atom. The zero-order valence-electron chi connectivity index (χ0n) is 7.83. The molecule has 0 saturated heterocycles. The molecule has 2 nitrogen and oxygen atoms in total. The van der Waals surface area contributed by atoms with Gasteiger partial charge in [-0.3, -0.25) is 0 Å². The van der Waals surface area contributed by atoms with Crippen LogP contribution in [0.25, 0.3) is 11.3 Å². The SMILES string of the molecule is COc1nc(-c2ccc(F)c(Cl)c2)cs1. The van der Waals surface area contributed by atoms with Gasteiger partial charge >= 0.3 is 0 Å². The molecule has 2 aromatic rings. The fourth-order valence-electron chi connectivity index (χ4n) is 1.14. The molecule has 0 spiro atoms. The third kappa shape index (κ3) is 2.11. The van der Waals surface area contributed by atoms with Crippen LogP contribution in [0.4, 0.5) is 4.39 Å². The van der Waals surface area contributed by atoms with Crippen LogP contribution in [-0.4, -0.2) is 12.1 Å². The highest BCUT2D eigenvalue weighted by Crippen LogP contribution is 2.28. The molecule has 0 atom stereocenters. The normalized spacial score (nSPS) is 10.3. The third-order valence-electron chi connectivity index (χ3n) is 1.87. The van der Waals surface area contributed by atoms with Crippen LogP contribution in [0.1, 0.15) is 0 Å². The number of aromatic nitrogens is 1. The molecule has 0 aliphatic heterocycles. The van der Waals surface area contributed by atoms with E-state index in [9.17, 15) is 4.39 Å². The van der Waals surface area contributed by atoms with Gasteiger partial charge in [-0.05, 0) is 18.2 Å². The lowest BCUT2D eigenvalue weighted by atomic mass is 10.2. The molecule has 1 heterocycles. The Bertz CT molecular complexity index is 486. The van der Waals surface area contributed by atoms with Crippen molar-refractivity contribution >= 4 is 22.9 Å². The number of hydrogen-bond donors (Lipinski definition) is 0. The van der Waals surface area contributed by atoms with Gasteiger partial charge < -0.3 is 4.74 Å². The fraction of sp³-hybridized carbons (Fsp3) is 0.100. The minimum Gasteiger partial charge on any atom is -0.473 e. The van der Waals surface area contributed by atoms with Crippen LogP contribution < -0.4 is 4.74 Å². The average molecular weight is 244 g/mol. The summed E-state index contributed by atoms with van der Waals surface area (Å²) < 4.78 is 17.9. The molecular formula is C10H7ClFNOS. The largest absolute Gasteiger partial charge is 0.473 e. The molecule has 2 rings (SSSR count).